The van der Waals surface area contributed by atoms with E-state index in [1.165, 1.54) is 36.8 Å². The fraction of sp³-hybridized carbons (Fsp3) is 0.538. The smallest absolute Gasteiger partial charge is 0.271 e. The molecule has 2 aliphatic carbocycles. The number of nitro benzene ring substituents is 1. The van der Waals surface area contributed by atoms with Gasteiger partial charge in [0.15, 0.2) is 0 Å². The average Bonchev–Trinajstić information content (AvgIpc) is 2.79. The molecule has 4 aliphatic rings. The van der Waals surface area contributed by atoms with Crippen LogP contribution < -0.4 is 9.64 Å². The average molecular weight is 421 g/mol. The molecule has 31 heavy (non-hydrogen) atoms. The molecule has 0 N–H and O–H groups in total. The molecule has 0 amide bonds. The van der Waals surface area contributed by atoms with Gasteiger partial charge in [0, 0.05) is 24.4 Å². The molecule has 2 aromatic rings. The van der Waals surface area contributed by atoms with E-state index in [0.717, 1.165) is 30.8 Å². The fourth-order valence-corrected chi connectivity index (χ4v) is 7.21. The number of piperidine rings is 2. The third-order valence-corrected chi connectivity index (χ3v) is 8.53. The maximum absolute atomic E-state index is 11.5. The Kier molecular flexibility index (Phi) is 4.76. The summed E-state index contributed by atoms with van der Waals surface area (Å²) in [6.07, 6.45) is 7.04. The summed E-state index contributed by atoms with van der Waals surface area (Å²) in [5.41, 5.74) is 4.12. The normalized spacial score (nSPS) is 31.1. The van der Waals surface area contributed by atoms with Crippen molar-refractivity contribution < 1.29 is 9.66 Å². The first-order valence-electron chi connectivity index (χ1n) is 11.6. The zero-order valence-electron chi connectivity index (χ0n) is 18.8. The van der Waals surface area contributed by atoms with Crippen LogP contribution in [-0.4, -0.2) is 18.6 Å². The summed E-state index contributed by atoms with van der Waals surface area (Å²) in [6, 6.07) is 13.9. The van der Waals surface area contributed by atoms with Crippen LogP contribution in [0.25, 0.3) is 0 Å². The van der Waals surface area contributed by atoms with Crippen molar-refractivity contribution in [1.29, 1.82) is 0 Å². The number of non-ortho nitro benzene ring substituents is 1. The van der Waals surface area contributed by atoms with Gasteiger partial charge in [0.1, 0.15) is 5.75 Å². The largest absolute Gasteiger partial charge is 0.497 e. The van der Waals surface area contributed by atoms with Gasteiger partial charge in [0.25, 0.3) is 5.69 Å². The maximum Gasteiger partial charge on any atom is 0.271 e. The Hall–Kier alpha value is -2.56. The lowest BCUT2D eigenvalue weighted by Gasteiger charge is -2.69. The van der Waals surface area contributed by atoms with Crippen LogP contribution in [0.4, 0.5) is 11.4 Å². The SMILES string of the molecule is CCC[C@H]1[C@@H]2CCc3cc(OC)ccc3[C@@]23CC[C@]1(C)CN3c1cccc([N+](=O)[O-])c1. The van der Waals surface area contributed by atoms with Crippen molar-refractivity contribution >= 4 is 11.4 Å². The standard InChI is InChI=1S/C26H32N2O3/c1-4-6-23-24-11-9-18-15-21(31-3)10-12-22(18)26(24)14-13-25(23,2)17-27(26)19-7-5-8-20(16-19)28(29)30/h5,7-8,10,12,15-16,23-24H,4,6,9,11,13-14,17H2,1-3H3/t23-,24-,25+,26-/m0/s1. The highest BCUT2D eigenvalue weighted by atomic mass is 16.6. The van der Waals surface area contributed by atoms with Crippen molar-refractivity contribution in [3.8, 4) is 5.75 Å². The van der Waals surface area contributed by atoms with Gasteiger partial charge in [-0.3, -0.25) is 10.1 Å². The van der Waals surface area contributed by atoms with E-state index in [1.807, 2.05) is 6.07 Å². The first-order chi connectivity index (χ1) is 14.9. The summed E-state index contributed by atoms with van der Waals surface area (Å²) < 4.78 is 5.53. The molecule has 2 aliphatic heterocycles. The molecule has 0 radical (unpaired) electrons. The fourth-order valence-electron chi connectivity index (χ4n) is 7.21. The van der Waals surface area contributed by atoms with Gasteiger partial charge in [-0.25, -0.2) is 0 Å². The van der Waals surface area contributed by atoms with Crippen molar-refractivity contribution in [3.63, 3.8) is 0 Å². The summed E-state index contributed by atoms with van der Waals surface area (Å²) in [6.45, 7) is 5.73. The van der Waals surface area contributed by atoms with E-state index < -0.39 is 0 Å². The van der Waals surface area contributed by atoms with Gasteiger partial charge in [-0.15, -0.1) is 0 Å². The number of benzene rings is 2. The second kappa shape index (κ2) is 7.25. The first kappa shape index (κ1) is 20.3. The minimum Gasteiger partial charge on any atom is -0.497 e. The van der Waals surface area contributed by atoms with E-state index in [-0.39, 0.29) is 21.6 Å². The highest BCUT2D eigenvalue weighted by Crippen LogP contribution is 2.65. The number of hydrogen-bond acceptors (Lipinski definition) is 4. The predicted molar refractivity (Wildman–Crippen MR) is 123 cm³/mol. The van der Waals surface area contributed by atoms with Gasteiger partial charge in [-0.1, -0.05) is 32.4 Å². The minimum atomic E-state index is -0.276. The van der Waals surface area contributed by atoms with Crippen molar-refractivity contribution in [1.82, 2.24) is 0 Å². The molecule has 2 saturated heterocycles. The molecule has 2 bridgehead atoms. The topological polar surface area (TPSA) is 55.6 Å². The van der Waals surface area contributed by atoms with Gasteiger partial charge in [0.2, 0.25) is 0 Å². The quantitative estimate of drug-likeness (QED) is 0.433. The molecule has 0 aromatic heterocycles. The molecular formula is C26H32N2O3. The molecular weight excluding hydrogens is 388 g/mol. The van der Waals surface area contributed by atoms with Gasteiger partial charge in [0.05, 0.1) is 17.6 Å². The van der Waals surface area contributed by atoms with Gasteiger partial charge in [-0.2, -0.15) is 0 Å². The van der Waals surface area contributed by atoms with Gasteiger partial charge < -0.3 is 9.64 Å². The summed E-state index contributed by atoms with van der Waals surface area (Å²) in [5, 5.41) is 11.5. The molecule has 164 valence electrons. The van der Waals surface area contributed by atoms with Crippen LogP contribution in [0.15, 0.2) is 42.5 Å². The second-order valence-corrected chi connectivity index (χ2v) is 10.0. The lowest BCUT2D eigenvalue weighted by atomic mass is 9.46. The lowest BCUT2D eigenvalue weighted by Crippen LogP contribution is -2.69. The molecule has 5 heteroatoms. The zero-order valence-corrected chi connectivity index (χ0v) is 18.8. The van der Waals surface area contributed by atoms with Crippen LogP contribution >= 0.6 is 0 Å². The van der Waals surface area contributed by atoms with Crippen molar-refractivity contribution in [2.45, 2.75) is 57.9 Å². The number of aryl methyl sites for hydroxylation is 1. The van der Waals surface area contributed by atoms with Crippen LogP contribution in [-0.2, 0) is 12.0 Å². The minimum absolute atomic E-state index is 0.0906. The molecule has 1 spiro atoms. The maximum atomic E-state index is 11.5. The van der Waals surface area contributed by atoms with Crippen LogP contribution in [0.2, 0.25) is 0 Å². The van der Waals surface area contributed by atoms with E-state index in [1.54, 1.807) is 19.2 Å². The van der Waals surface area contributed by atoms with E-state index in [2.05, 4.69) is 43.0 Å². The summed E-state index contributed by atoms with van der Waals surface area (Å²) in [5.74, 6) is 2.17. The summed E-state index contributed by atoms with van der Waals surface area (Å²) in [7, 11) is 1.73. The number of anilines is 1. The number of methoxy groups -OCH3 is 1. The summed E-state index contributed by atoms with van der Waals surface area (Å²) in [4.78, 5) is 13.8. The van der Waals surface area contributed by atoms with Crippen LogP contribution in [0, 0.1) is 27.4 Å². The number of nitrogens with zero attached hydrogens (tertiary/aromatic N) is 2. The van der Waals surface area contributed by atoms with Gasteiger partial charge in [-0.05, 0) is 78.7 Å². The number of nitro groups is 1. The highest BCUT2D eigenvalue weighted by molar-refractivity contribution is 5.60. The Balaban J connectivity index is 1.71. The van der Waals surface area contributed by atoms with Crippen molar-refractivity contribution in [3.05, 3.63) is 63.7 Å². The third kappa shape index (κ3) is 2.89. The first-order valence-corrected chi connectivity index (χ1v) is 11.6. The zero-order chi connectivity index (χ0) is 21.8. The molecule has 1 saturated carbocycles. The lowest BCUT2D eigenvalue weighted by molar-refractivity contribution is -0.384. The van der Waals surface area contributed by atoms with E-state index in [0.29, 0.717) is 11.8 Å². The highest BCUT2D eigenvalue weighted by Gasteiger charge is 2.63. The third-order valence-electron chi connectivity index (χ3n) is 8.53. The van der Waals surface area contributed by atoms with E-state index in [9.17, 15) is 10.1 Å². The molecule has 2 heterocycles. The Labute approximate surface area is 184 Å². The second-order valence-electron chi connectivity index (χ2n) is 10.0. The van der Waals surface area contributed by atoms with E-state index in [4.69, 9.17) is 4.74 Å². The Morgan fingerprint density at radius 1 is 1.23 bits per heavy atom. The summed E-state index contributed by atoms with van der Waals surface area (Å²) >= 11 is 0. The molecule has 2 aromatic carbocycles. The van der Waals surface area contributed by atoms with Crippen LogP contribution in [0.5, 0.6) is 5.75 Å². The van der Waals surface area contributed by atoms with Crippen molar-refractivity contribution in [2.24, 2.45) is 17.3 Å². The van der Waals surface area contributed by atoms with Crippen LogP contribution in [0.3, 0.4) is 0 Å². The molecule has 6 rings (SSSR count). The van der Waals surface area contributed by atoms with Crippen LogP contribution in [0.1, 0.15) is 57.1 Å². The monoisotopic (exact) mass is 420 g/mol. The van der Waals surface area contributed by atoms with E-state index >= 15 is 0 Å². The van der Waals surface area contributed by atoms with Gasteiger partial charge >= 0.3 is 0 Å². The molecule has 0 unspecified atom stereocenters. The Morgan fingerprint density at radius 3 is 2.81 bits per heavy atom. The molecule has 5 nitrogen and oxygen atoms in total. The number of fused-ring (bicyclic) bond motifs is 3. The number of rotatable bonds is 5. The predicted octanol–water partition coefficient (Wildman–Crippen LogP) is 6.10. The van der Waals surface area contributed by atoms with Crippen molar-refractivity contribution in [2.75, 3.05) is 18.6 Å². The molecule has 3 fully saturated rings. The molecule has 4 atom stereocenters. The number of ether oxygens (including phenoxy) is 1. The number of hydrogen-bond donors (Lipinski definition) is 0. The Morgan fingerprint density at radius 2 is 2.06 bits per heavy atom. The Bertz CT molecular complexity index is 1020.